The highest BCUT2D eigenvalue weighted by molar-refractivity contribution is 9.09. The van der Waals surface area contributed by atoms with Crippen LogP contribution in [0.5, 0.6) is 0 Å². The topological polar surface area (TPSA) is 26.3 Å². The van der Waals surface area contributed by atoms with Gasteiger partial charge in [-0.3, -0.25) is 4.79 Å². The molecule has 2 nitrogen and oxygen atoms in total. The van der Waals surface area contributed by atoms with Gasteiger partial charge in [0, 0.05) is 11.2 Å². The number of carbonyl (C=O) groups excluding carboxylic acids is 1. The van der Waals surface area contributed by atoms with E-state index in [1.54, 1.807) is 0 Å². The normalized spacial score (nSPS) is 35.9. The van der Waals surface area contributed by atoms with Gasteiger partial charge in [-0.25, -0.2) is 0 Å². The Morgan fingerprint density at radius 3 is 1.90 bits per heavy atom. The smallest absolute Gasteiger partial charge is 0.309 e. The van der Waals surface area contributed by atoms with Gasteiger partial charge >= 0.3 is 5.97 Å². The molecule has 3 rings (SSSR count). The lowest BCUT2D eigenvalue weighted by Crippen LogP contribution is -2.32. The van der Waals surface area contributed by atoms with Crippen molar-refractivity contribution in [2.24, 2.45) is 29.6 Å². The molecule has 0 aromatic heterocycles. The lowest BCUT2D eigenvalue weighted by molar-refractivity contribution is -0.157. The predicted octanol–water partition coefficient (Wildman–Crippen LogP) is 7.90. The van der Waals surface area contributed by atoms with Crippen LogP contribution < -0.4 is 0 Å². The summed E-state index contributed by atoms with van der Waals surface area (Å²) in [5.74, 6) is 4.60. The van der Waals surface area contributed by atoms with Crippen LogP contribution in [0.15, 0.2) is 0 Å². The average Bonchev–Trinajstić information content (AvgIpc) is 2.76. The highest BCUT2D eigenvalue weighted by Gasteiger charge is 2.34. The first-order chi connectivity index (χ1) is 14.2. The van der Waals surface area contributed by atoms with E-state index in [0.29, 0.717) is 0 Å². The van der Waals surface area contributed by atoms with Crippen LogP contribution in [0.2, 0.25) is 0 Å². The van der Waals surface area contributed by atoms with Crippen LogP contribution in [0.1, 0.15) is 103 Å². The van der Waals surface area contributed by atoms with Gasteiger partial charge in [0.1, 0.15) is 6.10 Å². The second kappa shape index (κ2) is 12.9. The van der Waals surface area contributed by atoms with Gasteiger partial charge in [-0.2, -0.15) is 0 Å². The summed E-state index contributed by atoms with van der Waals surface area (Å²) in [6.07, 6.45) is 20.2. The van der Waals surface area contributed by atoms with E-state index in [9.17, 15) is 4.79 Å². The molecular weight excluding hydrogens is 448 g/mol. The van der Waals surface area contributed by atoms with Crippen LogP contribution in [-0.2, 0) is 9.53 Å². The maximum absolute atomic E-state index is 12.7. The molecule has 0 aromatic rings. The van der Waals surface area contributed by atoms with Crippen LogP contribution >= 0.6 is 27.5 Å². The van der Waals surface area contributed by atoms with Gasteiger partial charge in [0.05, 0.1) is 5.92 Å². The monoisotopic (exact) mass is 488 g/mol. The number of alkyl halides is 2. The molecule has 0 spiro atoms. The first-order valence-corrected chi connectivity index (χ1v) is 14.2. The van der Waals surface area contributed by atoms with Gasteiger partial charge in [-0.1, -0.05) is 41.6 Å². The van der Waals surface area contributed by atoms with Crippen LogP contribution in [0.3, 0.4) is 0 Å². The minimum absolute atomic E-state index is 0.122. The van der Waals surface area contributed by atoms with Gasteiger partial charge < -0.3 is 4.74 Å². The standard InChI is InChI=1S/C25H42BrClO2/c26-17-2-1-3-19-6-14-24(15-7-19)29-25(28)23-12-10-22(11-13-23)21-8-4-20(5-9-21)16-18-27/h19-24H,1-18H2. The molecule has 0 atom stereocenters. The summed E-state index contributed by atoms with van der Waals surface area (Å²) in [6.45, 7) is 0. The Morgan fingerprint density at radius 2 is 1.31 bits per heavy atom. The fourth-order valence-electron chi connectivity index (χ4n) is 6.26. The molecule has 3 saturated carbocycles. The number of ether oxygens (including phenoxy) is 1. The summed E-state index contributed by atoms with van der Waals surface area (Å²) < 4.78 is 5.97. The largest absolute Gasteiger partial charge is 0.462 e. The van der Waals surface area contributed by atoms with Crippen molar-refractivity contribution >= 4 is 33.5 Å². The van der Waals surface area contributed by atoms with Crippen LogP contribution in [0.25, 0.3) is 0 Å². The fraction of sp³-hybridized carbons (Fsp3) is 0.960. The maximum atomic E-state index is 12.7. The highest BCUT2D eigenvalue weighted by atomic mass is 79.9. The average molecular weight is 490 g/mol. The molecule has 0 radical (unpaired) electrons. The van der Waals surface area contributed by atoms with E-state index in [0.717, 1.165) is 60.6 Å². The molecule has 0 unspecified atom stereocenters. The Morgan fingerprint density at radius 1 is 0.759 bits per heavy atom. The van der Waals surface area contributed by atoms with E-state index >= 15 is 0 Å². The maximum Gasteiger partial charge on any atom is 0.309 e. The Labute approximate surface area is 192 Å². The predicted molar refractivity (Wildman–Crippen MR) is 126 cm³/mol. The molecule has 0 aromatic carbocycles. The molecular formula is C25H42BrClO2. The van der Waals surface area contributed by atoms with E-state index in [-0.39, 0.29) is 18.0 Å². The van der Waals surface area contributed by atoms with Crippen molar-refractivity contribution < 1.29 is 9.53 Å². The lowest BCUT2D eigenvalue weighted by Gasteiger charge is -2.37. The molecule has 0 heterocycles. The molecule has 0 N–H and O–H groups in total. The zero-order chi connectivity index (χ0) is 20.5. The van der Waals surface area contributed by atoms with Crippen molar-refractivity contribution in [3.05, 3.63) is 0 Å². The van der Waals surface area contributed by atoms with E-state index in [4.69, 9.17) is 16.3 Å². The first kappa shape index (κ1) is 23.9. The molecule has 3 aliphatic carbocycles. The van der Waals surface area contributed by atoms with E-state index in [1.807, 2.05) is 0 Å². The Kier molecular flexibility index (Phi) is 10.7. The van der Waals surface area contributed by atoms with E-state index in [1.165, 1.54) is 77.0 Å². The quantitative estimate of drug-likeness (QED) is 0.187. The number of halogens is 2. The second-order valence-electron chi connectivity index (χ2n) is 10.1. The summed E-state index contributed by atoms with van der Waals surface area (Å²) >= 11 is 9.44. The van der Waals surface area contributed by atoms with Crippen molar-refractivity contribution in [3.63, 3.8) is 0 Å². The molecule has 0 aliphatic heterocycles. The number of rotatable bonds is 9. The van der Waals surface area contributed by atoms with Crippen molar-refractivity contribution in [2.75, 3.05) is 11.2 Å². The molecule has 168 valence electrons. The number of hydrogen-bond donors (Lipinski definition) is 0. The Balaban J connectivity index is 1.30. The molecule has 4 heteroatoms. The zero-order valence-electron chi connectivity index (χ0n) is 18.3. The van der Waals surface area contributed by atoms with Gasteiger partial charge in [-0.15, -0.1) is 11.6 Å². The molecule has 0 saturated heterocycles. The molecule has 0 amide bonds. The Hall–Kier alpha value is 0.240. The summed E-state index contributed by atoms with van der Waals surface area (Å²) in [4.78, 5) is 12.7. The van der Waals surface area contributed by atoms with Gasteiger partial charge in [0.15, 0.2) is 0 Å². The second-order valence-corrected chi connectivity index (χ2v) is 11.3. The third-order valence-corrected chi connectivity index (χ3v) is 9.03. The van der Waals surface area contributed by atoms with Gasteiger partial charge in [0.25, 0.3) is 0 Å². The number of esters is 1. The number of carbonyl (C=O) groups is 1. The van der Waals surface area contributed by atoms with Crippen molar-refractivity contribution in [1.82, 2.24) is 0 Å². The first-order valence-electron chi connectivity index (χ1n) is 12.5. The van der Waals surface area contributed by atoms with E-state index in [2.05, 4.69) is 15.9 Å². The SMILES string of the molecule is O=C(OC1CCC(CCCCBr)CC1)C1CCC(C2CCC(CCCl)CC2)CC1. The van der Waals surface area contributed by atoms with Crippen molar-refractivity contribution in [3.8, 4) is 0 Å². The Bertz CT molecular complexity index is 461. The van der Waals surface area contributed by atoms with Crippen molar-refractivity contribution in [2.45, 2.75) is 109 Å². The van der Waals surface area contributed by atoms with Gasteiger partial charge in [-0.05, 0) is 101 Å². The third kappa shape index (κ3) is 7.70. The van der Waals surface area contributed by atoms with Crippen molar-refractivity contribution in [1.29, 1.82) is 0 Å². The fourth-order valence-corrected chi connectivity index (χ4v) is 6.96. The molecule has 0 bridgehead atoms. The third-order valence-electron chi connectivity index (χ3n) is 8.25. The number of unbranched alkanes of at least 4 members (excludes halogenated alkanes) is 1. The summed E-state index contributed by atoms with van der Waals surface area (Å²) in [5.41, 5.74) is 0. The van der Waals surface area contributed by atoms with Gasteiger partial charge in [0.2, 0.25) is 0 Å². The van der Waals surface area contributed by atoms with Crippen LogP contribution in [0, 0.1) is 29.6 Å². The lowest BCUT2D eigenvalue weighted by atomic mass is 9.69. The highest BCUT2D eigenvalue weighted by Crippen LogP contribution is 2.42. The van der Waals surface area contributed by atoms with Crippen LogP contribution in [-0.4, -0.2) is 23.3 Å². The minimum atomic E-state index is 0.122. The molecule has 3 aliphatic rings. The zero-order valence-corrected chi connectivity index (χ0v) is 20.6. The molecule has 3 fully saturated rings. The summed E-state index contributed by atoms with van der Waals surface area (Å²) in [7, 11) is 0. The minimum Gasteiger partial charge on any atom is -0.462 e. The number of hydrogen-bond acceptors (Lipinski definition) is 2. The summed E-state index contributed by atoms with van der Waals surface area (Å²) in [6, 6.07) is 0. The van der Waals surface area contributed by atoms with Crippen LogP contribution in [0.4, 0.5) is 0 Å². The van der Waals surface area contributed by atoms with E-state index < -0.39 is 0 Å². The molecule has 29 heavy (non-hydrogen) atoms. The summed E-state index contributed by atoms with van der Waals surface area (Å²) in [5, 5.41) is 1.12.